The quantitative estimate of drug-likeness (QED) is 0.675. The summed E-state index contributed by atoms with van der Waals surface area (Å²) >= 11 is 0. The Morgan fingerprint density at radius 2 is 2.13 bits per heavy atom. The summed E-state index contributed by atoms with van der Waals surface area (Å²) in [5.41, 5.74) is 1.26. The summed E-state index contributed by atoms with van der Waals surface area (Å²) in [6.45, 7) is 1.72. The van der Waals surface area contributed by atoms with E-state index >= 15 is 0 Å². The third kappa shape index (κ3) is 0.918. The van der Waals surface area contributed by atoms with E-state index in [1.165, 1.54) is 0 Å². The number of nitrogens with one attached hydrogen (secondary N) is 1. The molecule has 2 heterocycles. The van der Waals surface area contributed by atoms with Crippen LogP contribution in [0.3, 0.4) is 0 Å². The molecule has 5 nitrogen and oxygen atoms in total. The first-order valence-corrected chi connectivity index (χ1v) is 4.60. The van der Waals surface area contributed by atoms with E-state index in [0.29, 0.717) is 23.5 Å². The molecule has 0 saturated heterocycles. The lowest BCUT2D eigenvalue weighted by Crippen LogP contribution is -2.19. The van der Waals surface area contributed by atoms with E-state index < -0.39 is 0 Å². The standard InChI is InChI=1S/C10H7N3O2/c1-4-12-7-8(13-4)10(15)6-5(9(7)14)2-3-11-6/h3H,2H2,1H3,(H,12,13). The molecule has 1 aromatic heterocycles. The van der Waals surface area contributed by atoms with Gasteiger partial charge in [-0.1, -0.05) is 0 Å². The van der Waals surface area contributed by atoms with Gasteiger partial charge in [0.05, 0.1) is 0 Å². The lowest BCUT2D eigenvalue weighted by Gasteiger charge is -2.09. The molecule has 0 aromatic carbocycles. The van der Waals surface area contributed by atoms with Gasteiger partial charge in [-0.2, -0.15) is 0 Å². The number of hydrogen-bond acceptors (Lipinski definition) is 4. The average molecular weight is 201 g/mol. The summed E-state index contributed by atoms with van der Waals surface area (Å²) < 4.78 is 0. The average Bonchev–Trinajstić information content (AvgIpc) is 2.79. The summed E-state index contributed by atoms with van der Waals surface area (Å²) in [4.78, 5) is 34.5. The van der Waals surface area contributed by atoms with Gasteiger partial charge in [0.15, 0.2) is 0 Å². The van der Waals surface area contributed by atoms with Crippen molar-refractivity contribution in [2.45, 2.75) is 13.3 Å². The van der Waals surface area contributed by atoms with Crippen LogP contribution in [0.15, 0.2) is 16.3 Å². The van der Waals surface area contributed by atoms with Gasteiger partial charge in [0, 0.05) is 18.2 Å². The minimum Gasteiger partial charge on any atom is -0.339 e. The molecular weight excluding hydrogens is 194 g/mol. The zero-order chi connectivity index (χ0) is 10.6. The first kappa shape index (κ1) is 8.28. The zero-order valence-electron chi connectivity index (χ0n) is 8.00. The maximum absolute atomic E-state index is 11.9. The normalized spacial score (nSPS) is 18.5. The van der Waals surface area contributed by atoms with Crippen molar-refractivity contribution in [3.63, 3.8) is 0 Å². The molecule has 74 valence electrons. The second-order valence-electron chi connectivity index (χ2n) is 3.55. The summed E-state index contributed by atoms with van der Waals surface area (Å²) in [5, 5.41) is 0. The van der Waals surface area contributed by atoms with E-state index in [1.807, 2.05) is 0 Å². The van der Waals surface area contributed by atoms with Crippen LogP contribution in [0, 0.1) is 6.92 Å². The van der Waals surface area contributed by atoms with Crippen molar-refractivity contribution in [3.8, 4) is 0 Å². The zero-order valence-corrected chi connectivity index (χ0v) is 8.00. The second-order valence-corrected chi connectivity index (χ2v) is 3.55. The highest BCUT2D eigenvalue weighted by Gasteiger charge is 2.36. The molecule has 15 heavy (non-hydrogen) atoms. The van der Waals surface area contributed by atoms with E-state index in [2.05, 4.69) is 15.0 Å². The van der Waals surface area contributed by atoms with E-state index in [9.17, 15) is 9.59 Å². The minimum absolute atomic E-state index is 0.155. The fourth-order valence-electron chi connectivity index (χ4n) is 1.88. The van der Waals surface area contributed by atoms with Crippen LogP contribution in [0.2, 0.25) is 0 Å². The largest absolute Gasteiger partial charge is 0.339 e. The van der Waals surface area contributed by atoms with Crippen molar-refractivity contribution in [3.05, 3.63) is 28.5 Å². The Morgan fingerprint density at radius 1 is 1.33 bits per heavy atom. The van der Waals surface area contributed by atoms with Crippen molar-refractivity contribution in [1.82, 2.24) is 9.97 Å². The molecule has 0 fully saturated rings. The van der Waals surface area contributed by atoms with E-state index in [4.69, 9.17) is 0 Å². The van der Waals surface area contributed by atoms with Crippen LogP contribution in [0.25, 0.3) is 0 Å². The highest BCUT2D eigenvalue weighted by molar-refractivity contribution is 6.27. The van der Waals surface area contributed by atoms with Gasteiger partial charge < -0.3 is 4.98 Å². The molecule has 1 aliphatic heterocycles. The van der Waals surface area contributed by atoms with Crippen LogP contribution in [0.4, 0.5) is 0 Å². The first-order chi connectivity index (χ1) is 7.18. The number of Topliss-reactive ketones (excluding diaryl/α,β-unsaturated/α-hetero) is 2. The molecule has 1 aliphatic carbocycles. The number of aromatic amines is 1. The van der Waals surface area contributed by atoms with Crippen molar-refractivity contribution < 1.29 is 9.59 Å². The van der Waals surface area contributed by atoms with Crippen molar-refractivity contribution in [1.29, 1.82) is 0 Å². The number of allylic oxidation sites excluding steroid dienone is 2. The number of aromatic nitrogens is 2. The summed E-state index contributed by atoms with van der Waals surface area (Å²) in [6.07, 6.45) is 2.02. The van der Waals surface area contributed by atoms with Gasteiger partial charge >= 0.3 is 0 Å². The Hall–Kier alpha value is -2.04. The Balaban J connectivity index is 2.28. The van der Waals surface area contributed by atoms with Crippen molar-refractivity contribution in [2.75, 3.05) is 0 Å². The number of imidazole rings is 1. The molecule has 0 radical (unpaired) electrons. The van der Waals surface area contributed by atoms with Crippen LogP contribution in [0.5, 0.6) is 0 Å². The fraction of sp³-hybridized carbons (Fsp3) is 0.200. The molecule has 2 aliphatic rings. The maximum Gasteiger partial charge on any atom is 0.232 e. The monoisotopic (exact) mass is 201 g/mol. The number of ketones is 2. The molecule has 3 rings (SSSR count). The maximum atomic E-state index is 11.9. The molecule has 0 saturated carbocycles. The number of aliphatic imine (C=N–C) groups is 1. The fourth-order valence-corrected chi connectivity index (χ4v) is 1.88. The Morgan fingerprint density at radius 3 is 2.93 bits per heavy atom. The van der Waals surface area contributed by atoms with Crippen LogP contribution < -0.4 is 0 Å². The van der Waals surface area contributed by atoms with Crippen molar-refractivity contribution >= 4 is 17.8 Å². The molecule has 0 bridgehead atoms. The Kier molecular flexibility index (Phi) is 1.38. The summed E-state index contributed by atoms with van der Waals surface area (Å²) in [6, 6.07) is 0. The number of fused-ring (bicyclic) bond motifs is 1. The minimum atomic E-state index is -0.252. The third-order valence-electron chi connectivity index (χ3n) is 2.56. The van der Waals surface area contributed by atoms with E-state index in [1.54, 1.807) is 13.1 Å². The molecule has 0 atom stereocenters. The number of nitrogens with zero attached hydrogens (tertiary/aromatic N) is 2. The topological polar surface area (TPSA) is 75.2 Å². The number of hydrogen-bond donors (Lipinski definition) is 1. The van der Waals surface area contributed by atoms with E-state index in [0.717, 1.165) is 0 Å². The predicted molar refractivity (Wildman–Crippen MR) is 52.1 cm³/mol. The van der Waals surface area contributed by atoms with Crippen LogP contribution in [-0.4, -0.2) is 27.7 Å². The number of H-pyrrole nitrogens is 1. The molecule has 0 spiro atoms. The van der Waals surface area contributed by atoms with Gasteiger partial charge in [0.2, 0.25) is 11.6 Å². The molecule has 1 aromatic rings. The van der Waals surface area contributed by atoms with Crippen LogP contribution in [-0.2, 0) is 0 Å². The predicted octanol–water partition coefficient (Wildman–Crippen LogP) is 0.826. The SMILES string of the molecule is Cc1nc2c([nH]1)C(=O)C1=C(N=CC1)C2=O. The van der Waals surface area contributed by atoms with Gasteiger partial charge in [-0.25, -0.2) is 4.98 Å². The summed E-state index contributed by atoms with van der Waals surface area (Å²) in [5.74, 6) is 0.169. The van der Waals surface area contributed by atoms with Crippen molar-refractivity contribution in [2.24, 2.45) is 4.99 Å². The van der Waals surface area contributed by atoms with Crippen LogP contribution in [0.1, 0.15) is 33.2 Å². The number of carbonyl (C=O) groups is 2. The number of carbonyl (C=O) groups excluding carboxylic acids is 2. The molecule has 0 amide bonds. The third-order valence-corrected chi connectivity index (χ3v) is 2.56. The second kappa shape index (κ2) is 2.50. The molecular formula is C10H7N3O2. The molecule has 1 N–H and O–H groups in total. The van der Waals surface area contributed by atoms with Gasteiger partial charge in [-0.05, 0) is 6.92 Å². The Labute approximate surface area is 84.9 Å². The molecule has 5 heteroatoms. The van der Waals surface area contributed by atoms with Gasteiger partial charge in [0.1, 0.15) is 22.9 Å². The number of aryl methyl sites for hydroxylation is 1. The molecule has 0 unspecified atom stereocenters. The number of rotatable bonds is 0. The lowest BCUT2D eigenvalue weighted by atomic mass is 9.95. The van der Waals surface area contributed by atoms with Gasteiger partial charge in [-0.3, -0.25) is 14.6 Å². The summed E-state index contributed by atoms with van der Waals surface area (Å²) in [7, 11) is 0. The van der Waals surface area contributed by atoms with E-state index in [-0.39, 0.29) is 23.0 Å². The highest BCUT2D eigenvalue weighted by Crippen LogP contribution is 2.29. The Bertz CT molecular complexity index is 563. The highest BCUT2D eigenvalue weighted by atomic mass is 16.1. The van der Waals surface area contributed by atoms with Gasteiger partial charge in [-0.15, -0.1) is 0 Å². The first-order valence-electron chi connectivity index (χ1n) is 4.60. The smallest absolute Gasteiger partial charge is 0.232 e. The lowest BCUT2D eigenvalue weighted by molar-refractivity contribution is 0.0969. The van der Waals surface area contributed by atoms with Crippen LogP contribution >= 0.6 is 0 Å². The van der Waals surface area contributed by atoms with Gasteiger partial charge in [0.25, 0.3) is 0 Å².